The molecule has 1 atom stereocenters. The van der Waals surface area contributed by atoms with E-state index in [0.717, 1.165) is 32.7 Å². The number of rotatable bonds is 8. The number of likely N-dealkylation sites (N-methyl/N-ethyl adjacent to an activating group) is 1. The van der Waals surface area contributed by atoms with Gasteiger partial charge in [-0.25, -0.2) is 4.98 Å². The molecule has 1 aromatic rings. The van der Waals surface area contributed by atoms with Crippen molar-refractivity contribution in [2.75, 3.05) is 26.2 Å². The highest BCUT2D eigenvalue weighted by atomic mass is 15.1. The Morgan fingerprint density at radius 2 is 2.12 bits per heavy atom. The second-order valence-electron chi connectivity index (χ2n) is 4.14. The predicted molar refractivity (Wildman–Crippen MR) is 67.5 cm³/mol. The van der Waals surface area contributed by atoms with Gasteiger partial charge in [0.25, 0.3) is 0 Å². The summed E-state index contributed by atoms with van der Waals surface area (Å²) in [4.78, 5) is 6.46. The van der Waals surface area contributed by atoms with Crippen LogP contribution in [0.1, 0.15) is 20.8 Å². The lowest BCUT2D eigenvalue weighted by atomic mass is 10.3. The Balaban J connectivity index is 2.13. The molecule has 92 valence electrons. The summed E-state index contributed by atoms with van der Waals surface area (Å²) in [5.74, 6) is 0. The molecule has 16 heavy (non-hydrogen) atoms. The quantitative estimate of drug-likeness (QED) is 0.720. The third-order valence-corrected chi connectivity index (χ3v) is 2.86. The molecule has 4 nitrogen and oxygen atoms in total. The molecule has 0 amide bonds. The van der Waals surface area contributed by atoms with E-state index >= 15 is 0 Å². The van der Waals surface area contributed by atoms with Gasteiger partial charge in [0.2, 0.25) is 0 Å². The van der Waals surface area contributed by atoms with Crippen LogP contribution in [-0.2, 0) is 6.54 Å². The van der Waals surface area contributed by atoms with E-state index in [1.165, 1.54) is 0 Å². The fourth-order valence-electron chi connectivity index (χ4n) is 1.78. The van der Waals surface area contributed by atoms with E-state index in [0.29, 0.717) is 6.04 Å². The summed E-state index contributed by atoms with van der Waals surface area (Å²) < 4.78 is 2.11. The Labute approximate surface area is 98.7 Å². The molecule has 0 saturated heterocycles. The van der Waals surface area contributed by atoms with Gasteiger partial charge in [-0.05, 0) is 20.0 Å². The number of nitrogens with zero attached hydrogens (tertiary/aromatic N) is 3. The molecule has 1 N–H and O–H groups in total. The Bertz CT molecular complexity index is 254. The Hall–Kier alpha value is -0.870. The summed E-state index contributed by atoms with van der Waals surface area (Å²) in [6, 6.07) is 0.491. The van der Waals surface area contributed by atoms with Crippen molar-refractivity contribution < 1.29 is 0 Å². The molecule has 0 aliphatic heterocycles. The molecule has 1 unspecified atom stereocenters. The molecule has 1 rings (SSSR count). The minimum atomic E-state index is 0.491. The zero-order valence-corrected chi connectivity index (χ0v) is 10.7. The largest absolute Gasteiger partial charge is 0.336 e. The van der Waals surface area contributed by atoms with Gasteiger partial charge in [0.1, 0.15) is 0 Å². The summed E-state index contributed by atoms with van der Waals surface area (Å²) in [5.41, 5.74) is 0. The standard InChI is InChI=1S/C12H24N4/c1-4-15(5-2)9-7-14-12(3)10-16-8-6-13-11-16/h6,8,11-12,14H,4-5,7,9-10H2,1-3H3. The Morgan fingerprint density at radius 1 is 1.38 bits per heavy atom. The van der Waals surface area contributed by atoms with Crippen LogP contribution >= 0.6 is 0 Å². The summed E-state index contributed by atoms with van der Waals surface area (Å²) >= 11 is 0. The van der Waals surface area contributed by atoms with Crippen LogP contribution < -0.4 is 5.32 Å². The van der Waals surface area contributed by atoms with Crippen molar-refractivity contribution in [1.82, 2.24) is 19.8 Å². The maximum absolute atomic E-state index is 4.04. The minimum absolute atomic E-state index is 0.491. The van der Waals surface area contributed by atoms with E-state index in [4.69, 9.17) is 0 Å². The van der Waals surface area contributed by atoms with Gasteiger partial charge in [-0.2, -0.15) is 0 Å². The van der Waals surface area contributed by atoms with Crippen molar-refractivity contribution in [2.24, 2.45) is 0 Å². The Morgan fingerprint density at radius 3 is 2.69 bits per heavy atom. The molecule has 0 bridgehead atoms. The van der Waals surface area contributed by atoms with Crippen LogP contribution in [0.2, 0.25) is 0 Å². The van der Waals surface area contributed by atoms with Gasteiger partial charge in [-0.1, -0.05) is 13.8 Å². The SMILES string of the molecule is CCN(CC)CCNC(C)Cn1ccnc1. The van der Waals surface area contributed by atoms with Gasteiger partial charge in [-0.15, -0.1) is 0 Å². The highest BCUT2D eigenvalue weighted by Gasteiger charge is 2.03. The topological polar surface area (TPSA) is 33.1 Å². The van der Waals surface area contributed by atoms with Crippen molar-refractivity contribution >= 4 is 0 Å². The van der Waals surface area contributed by atoms with Gasteiger partial charge < -0.3 is 14.8 Å². The van der Waals surface area contributed by atoms with Crippen LogP contribution in [0.4, 0.5) is 0 Å². The average Bonchev–Trinajstić information content (AvgIpc) is 2.77. The second kappa shape index (κ2) is 7.41. The Kier molecular flexibility index (Phi) is 6.11. The van der Waals surface area contributed by atoms with Gasteiger partial charge in [0.05, 0.1) is 6.33 Å². The van der Waals surface area contributed by atoms with E-state index in [2.05, 4.69) is 40.5 Å². The number of aromatic nitrogens is 2. The lowest BCUT2D eigenvalue weighted by Gasteiger charge is -2.20. The van der Waals surface area contributed by atoms with Gasteiger partial charge in [-0.3, -0.25) is 0 Å². The van der Waals surface area contributed by atoms with Crippen LogP contribution in [0.3, 0.4) is 0 Å². The molecule has 0 spiro atoms. The van der Waals surface area contributed by atoms with E-state index in [9.17, 15) is 0 Å². The predicted octanol–water partition coefficient (Wildman–Crippen LogP) is 1.20. The van der Waals surface area contributed by atoms with Gasteiger partial charge >= 0.3 is 0 Å². The molecule has 0 aromatic carbocycles. The first-order valence-corrected chi connectivity index (χ1v) is 6.17. The highest BCUT2D eigenvalue weighted by molar-refractivity contribution is 4.76. The average molecular weight is 224 g/mol. The fraction of sp³-hybridized carbons (Fsp3) is 0.750. The molecule has 0 aliphatic carbocycles. The van der Waals surface area contributed by atoms with Crippen molar-refractivity contribution in [3.8, 4) is 0 Å². The van der Waals surface area contributed by atoms with Crippen LogP contribution in [-0.4, -0.2) is 46.7 Å². The normalized spacial score (nSPS) is 13.2. The zero-order valence-electron chi connectivity index (χ0n) is 10.7. The van der Waals surface area contributed by atoms with Gasteiger partial charge in [0.15, 0.2) is 0 Å². The summed E-state index contributed by atoms with van der Waals surface area (Å²) in [6.45, 7) is 12.1. The van der Waals surface area contributed by atoms with E-state index in [-0.39, 0.29) is 0 Å². The maximum Gasteiger partial charge on any atom is 0.0946 e. The van der Waals surface area contributed by atoms with Crippen molar-refractivity contribution in [2.45, 2.75) is 33.4 Å². The molecule has 0 fully saturated rings. The summed E-state index contributed by atoms with van der Waals surface area (Å²) in [7, 11) is 0. The second-order valence-corrected chi connectivity index (χ2v) is 4.14. The monoisotopic (exact) mass is 224 g/mol. The third-order valence-electron chi connectivity index (χ3n) is 2.86. The molecule has 0 radical (unpaired) electrons. The molecule has 0 saturated carbocycles. The van der Waals surface area contributed by atoms with E-state index in [1.807, 2.05) is 18.7 Å². The molecular formula is C12H24N4. The van der Waals surface area contributed by atoms with Crippen LogP contribution in [0.15, 0.2) is 18.7 Å². The van der Waals surface area contributed by atoms with E-state index < -0.39 is 0 Å². The first-order chi connectivity index (χ1) is 7.76. The smallest absolute Gasteiger partial charge is 0.0946 e. The zero-order chi connectivity index (χ0) is 11.8. The van der Waals surface area contributed by atoms with Crippen molar-refractivity contribution in [3.63, 3.8) is 0 Å². The van der Waals surface area contributed by atoms with Crippen molar-refractivity contribution in [3.05, 3.63) is 18.7 Å². The lowest BCUT2D eigenvalue weighted by molar-refractivity contribution is 0.294. The molecule has 1 heterocycles. The molecule has 4 heteroatoms. The number of hydrogen-bond acceptors (Lipinski definition) is 3. The number of imidazole rings is 1. The van der Waals surface area contributed by atoms with Crippen LogP contribution in [0, 0.1) is 0 Å². The van der Waals surface area contributed by atoms with Gasteiger partial charge in [0, 0.05) is 38.1 Å². The summed E-state index contributed by atoms with van der Waals surface area (Å²) in [6.07, 6.45) is 5.69. The number of hydrogen-bond donors (Lipinski definition) is 1. The molecule has 1 aromatic heterocycles. The molecular weight excluding hydrogens is 200 g/mol. The summed E-state index contributed by atoms with van der Waals surface area (Å²) in [5, 5.41) is 3.53. The van der Waals surface area contributed by atoms with E-state index in [1.54, 1.807) is 0 Å². The first kappa shape index (κ1) is 13.2. The van der Waals surface area contributed by atoms with Crippen LogP contribution in [0.5, 0.6) is 0 Å². The van der Waals surface area contributed by atoms with Crippen molar-refractivity contribution in [1.29, 1.82) is 0 Å². The first-order valence-electron chi connectivity index (χ1n) is 6.17. The van der Waals surface area contributed by atoms with Crippen LogP contribution in [0.25, 0.3) is 0 Å². The lowest BCUT2D eigenvalue weighted by Crippen LogP contribution is -2.37. The number of nitrogens with one attached hydrogen (secondary N) is 1. The maximum atomic E-state index is 4.04. The fourth-order valence-corrected chi connectivity index (χ4v) is 1.78. The minimum Gasteiger partial charge on any atom is -0.336 e. The molecule has 0 aliphatic rings. The highest BCUT2D eigenvalue weighted by Crippen LogP contribution is 1.92. The third kappa shape index (κ3) is 4.77.